The van der Waals surface area contributed by atoms with Crippen LogP contribution in [0.3, 0.4) is 0 Å². The minimum absolute atomic E-state index is 0.240. The third-order valence-corrected chi connectivity index (χ3v) is 5.64. The predicted molar refractivity (Wildman–Crippen MR) is 90.5 cm³/mol. The van der Waals surface area contributed by atoms with Crippen LogP contribution >= 0.6 is 0 Å². The molecule has 2 saturated heterocycles. The first-order valence-electron chi connectivity index (χ1n) is 8.99. The maximum Gasteiger partial charge on any atom is 0.135 e. The van der Waals surface area contributed by atoms with Crippen LogP contribution in [0.25, 0.3) is 0 Å². The Labute approximate surface area is 139 Å². The highest BCUT2D eigenvalue weighted by Gasteiger charge is 2.45. The molecule has 23 heavy (non-hydrogen) atoms. The summed E-state index contributed by atoms with van der Waals surface area (Å²) in [6.45, 7) is 7.67. The van der Waals surface area contributed by atoms with Crippen LogP contribution in [-0.2, 0) is 11.2 Å². The molecule has 3 heterocycles. The number of aliphatic hydroxyl groups is 1. The number of aryl methyl sites for hydroxylation is 1. The summed E-state index contributed by atoms with van der Waals surface area (Å²) in [5, 5.41) is 11.3. The SMILES string of the molecule is CCCc1cncnc1N1CC[C@@](O)(C2CCOCC2)[C@H](C)C1. The van der Waals surface area contributed by atoms with E-state index >= 15 is 0 Å². The van der Waals surface area contributed by atoms with Gasteiger partial charge in [-0.2, -0.15) is 0 Å². The number of anilines is 1. The summed E-state index contributed by atoms with van der Waals surface area (Å²) >= 11 is 0. The molecule has 5 heteroatoms. The zero-order valence-corrected chi connectivity index (χ0v) is 14.4. The molecular weight excluding hydrogens is 290 g/mol. The molecule has 0 saturated carbocycles. The zero-order valence-electron chi connectivity index (χ0n) is 14.4. The summed E-state index contributed by atoms with van der Waals surface area (Å²) < 4.78 is 5.47. The topological polar surface area (TPSA) is 58.5 Å². The van der Waals surface area contributed by atoms with Crippen molar-refractivity contribution in [3.63, 3.8) is 0 Å². The Morgan fingerprint density at radius 2 is 2.17 bits per heavy atom. The van der Waals surface area contributed by atoms with Crippen LogP contribution in [0.15, 0.2) is 12.5 Å². The molecule has 2 atom stereocenters. The van der Waals surface area contributed by atoms with Gasteiger partial charge in [-0.25, -0.2) is 9.97 Å². The van der Waals surface area contributed by atoms with Crippen LogP contribution in [0.2, 0.25) is 0 Å². The Morgan fingerprint density at radius 1 is 1.39 bits per heavy atom. The number of hydrogen-bond acceptors (Lipinski definition) is 5. The fourth-order valence-corrected chi connectivity index (χ4v) is 4.22. The minimum atomic E-state index is -0.557. The van der Waals surface area contributed by atoms with E-state index in [-0.39, 0.29) is 5.92 Å². The molecule has 0 spiro atoms. The zero-order chi connectivity index (χ0) is 16.3. The van der Waals surface area contributed by atoms with Gasteiger partial charge in [-0.15, -0.1) is 0 Å². The molecule has 0 radical (unpaired) electrons. The van der Waals surface area contributed by atoms with Gasteiger partial charge in [0.15, 0.2) is 0 Å². The second-order valence-corrected chi connectivity index (χ2v) is 7.10. The van der Waals surface area contributed by atoms with E-state index in [1.165, 1.54) is 5.56 Å². The summed E-state index contributed by atoms with van der Waals surface area (Å²) in [6.07, 6.45) is 8.45. The molecular formula is C18H29N3O2. The Bertz CT molecular complexity index is 519. The van der Waals surface area contributed by atoms with Crippen LogP contribution < -0.4 is 4.90 Å². The second kappa shape index (κ2) is 7.14. The van der Waals surface area contributed by atoms with E-state index in [2.05, 4.69) is 28.7 Å². The molecule has 1 N–H and O–H groups in total. The van der Waals surface area contributed by atoms with E-state index in [4.69, 9.17) is 4.74 Å². The number of hydrogen-bond donors (Lipinski definition) is 1. The Kier molecular flexibility index (Phi) is 5.17. The van der Waals surface area contributed by atoms with Crippen molar-refractivity contribution >= 4 is 5.82 Å². The van der Waals surface area contributed by atoms with E-state index in [0.29, 0.717) is 5.92 Å². The van der Waals surface area contributed by atoms with Gasteiger partial charge in [-0.1, -0.05) is 20.3 Å². The first kappa shape index (κ1) is 16.7. The molecule has 0 unspecified atom stereocenters. The van der Waals surface area contributed by atoms with E-state index in [0.717, 1.165) is 64.2 Å². The predicted octanol–water partition coefficient (Wildman–Crippen LogP) is 2.43. The number of rotatable bonds is 4. The smallest absolute Gasteiger partial charge is 0.135 e. The largest absolute Gasteiger partial charge is 0.389 e. The summed E-state index contributed by atoms with van der Waals surface area (Å²) in [7, 11) is 0. The molecule has 5 nitrogen and oxygen atoms in total. The molecule has 128 valence electrons. The average molecular weight is 319 g/mol. The summed E-state index contributed by atoms with van der Waals surface area (Å²) in [6, 6.07) is 0. The van der Waals surface area contributed by atoms with Gasteiger partial charge in [0, 0.05) is 44.0 Å². The van der Waals surface area contributed by atoms with Crippen LogP contribution in [-0.4, -0.2) is 47.0 Å². The second-order valence-electron chi connectivity index (χ2n) is 7.10. The molecule has 3 rings (SSSR count). The molecule has 0 bridgehead atoms. The van der Waals surface area contributed by atoms with Gasteiger partial charge in [-0.05, 0) is 31.6 Å². The van der Waals surface area contributed by atoms with Crippen molar-refractivity contribution in [2.24, 2.45) is 11.8 Å². The summed E-state index contributed by atoms with van der Waals surface area (Å²) in [4.78, 5) is 11.0. The lowest BCUT2D eigenvalue weighted by atomic mass is 9.70. The molecule has 1 aromatic rings. The number of piperidine rings is 1. The van der Waals surface area contributed by atoms with Crippen molar-refractivity contribution in [2.45, 2.75) is 51.6 Å². The first-order valence-corrected chi connectivity index (χ1v) is 8.99. The molecule has 0 aromatic carbocycles. The maximum atomic E-state index is 11.3. The third kappa shape index (κ3) is 3.36. The standard InChI is InChI=1S/C18H29N3O2/c1-3-4-15-11-19-13-20-17(15)21-8-7-18(22,14(2)12-21)16-5-9-23-10-6-16/h11,13-14,16,22H,3-10,12H2,1-2H3/t14-,18+/m1/s1. The number of aromatic nitrogens is 2. The molecule has 2 aliphatic heterocycles. The van der Waals surface area contributed by atoms with Crippen molar-refractivity contribution in [1.82, 2.24) is 9.97 Å². The van der Waals surface area contributed by atoms with Gasteiger partial charge in [0.05, 0.1) is 5.60 Å². The minimum Gasteiger partial charge on any atom is -0.389 e. The third-order valence-electron chi connectivity index (χ3n) is 5.64. The highest BCUT2D eigenvalue weighted by atomic mass is 16.5. The van der Waals surface area contributed by atoms with Gasteiger partial charge in [0.1, 0.15) is 12.1 Å². The van der Waals surface area contributed by atoms with Crippen molar-refractivity contribution in [3.05, 3.63) is 18.1 Å². The highest BCUT2D eigenvalue weighted by Crippen LogP contribution is 2.40. The first-order chi connectivity index (χ1) is 11.1. The van der Waals surface area contributed by atoms with Crippen LogP contribution in [0.1, 0.15) is 45.1 Å². The molecule has 2 fully saturated rings. The van der Waals surface area contributed by atoms with E-state index in [9.17, 15) is 5.11 Å². The van der Waals surface area contributed by atoms with Crippen LogP contribution in [0.4, 0.5) is 5.82 Å². The lowest BCUT2D eigenvalue weighted by molar-refractivity contribution is -0.108. The van der Waals surface area contributed by atoms with Crippen molar-refractivity contribution in [1.29, 1.82) is 0 Å². The van der Waals surface area contributed by atoms with Gasteiger partial charge >= 0.3 is 0 Å². The van der Waals surface area contributed by atoms with Gasteiger partial charge < -0.3 is 14.7 Å². The quantitative estimate of drug-likeness (QED) is 0.923. The summed E-state index contributed by atoms with van der Waals surface area (Å²) in [5.74, 6) is 1.67. The Morgan fingerprint density at radius 3 is 2.87 bits per heavy atom. The maximum absolute atomic E-state index is 11.3. The average Bonchev–Trinajstić information content (AvgIpc) is 2.59. The van der Waals surface area contributed by atoms with Crippen LogP contribution in [0.5, 0.6) is 0 Å². The van der Waals surface area contributed by atoms with Crippen molar-refractivity contribution < 1.29 is 9.84 Å². The fraction of sp³-hybridized carbons (Fsp3) is 0.778. The highest BCUT2D eigenvalue weighted by molar-refractivity contribution is 5.46. The van der Waals surface area contributed by atoms with Crippen molar-refractivity contribution in [3.8, 4) is 0 Å². The van der Waals surface area contributed by atoms with E-state index < -0.39 is 5.60 Å². The Hall–Kier alpha value is -1.20. The van der Waals surface area contributed by atoms with Gasteiger partial charge in [0.2, 0.25) is 0 Å². The fourth-order valence-electron chi connectivity index (χ4n) is 4.22. The molecule has 2 aliphatic rings. The normalized spacial score (nSPS) is 29.7. The van der Waals surface area contributed by atoms with Crippen LogP contribution in [0, 0.1) is 11.8 Å². The molecule has 0 amide bonds. The number of ether oxygens (including phenoxy) is 1. The van der Waals surface area contributed by atoms with Gasteiger partial charge in [0.25, 0.3) is 0 Å². The Balaban J connectivity index is 1.73. The molecule has 1 aromatic heterocycles. The van der Waals surface area contributed by atoms with Gasteiger partial charge in [-0.3, -0.25) is 0 Å². The monoisotopic (exact) mass is 319 g/mol. The molecule has 0 aliphatic carbocycles. The lowest BCUT2D eigenvalue weighted by Crippen LogP contribution is -2.56. The van der Waals surface area contributed by atoms with Crippen molar-refractivity contribution in [2.75, 3.05) is 31.2 Å². The lowest BCUT2D eigenvalue weighted by Gasteiger charge is -2.49. The summed E-state index contributed by atoms with van der Waals surface area (Å²) in [5.41, 5.74) is 0.664. The van der Waals surface area contributed by atoms with E-state index in [1.54, 1.807) is 6.33 Å². The number of nitrogens with zero attached hydrogens (tertiary/aromatic N) is 3. The van der Waals surface area contributed by atoms with E-state index in [1.807, 2.05) is 6.20 Å².